The second-order valence-electron chi connectivity index (χ2n) is 7.59. The van der Waals surface area contributed by atoms with Crippen LogP contribution < -0.4 is 16.6 Å². The first-order chi connectivity index (χ1) is 10.9. The van der Waals surface area contributed by atoms with Crippen LogP contribution in [0.15, 0.2) is 37.5 Å². The average molecular weight is 366 g/mol. The summed E-state index contributed by atoms with van der Waals surface area (Å²) in [5, 5.41) is 1.53. The first-order valence-electron chi connectivity index (χ1n) is 7.65. The van der Waals surface area contributed by atoms with Gasteiger partial charge in [0.25, 0.3) is 0 Å². The Morgan fingerprint density at radius 1 is 0.917 bits per heavy atom. The lowest BCUT2D eigenvalue weighted by atomic mass is 10.0. The zero-order valence-electron chi connectivity index (χ0n) is 14.9. The number of ether oxygens (including phenoxy) is 1. The highest BCUT2D eigenvalue weighted by atomic mass is 32.2. The molecule has 2 rings (SSSR count). The lowest BCUT2D eigenvalue weighted by molar-refractivity contribution is 0.367. The van der Waals surface area contributed by atoms with E-state index in [1.54, 1.807) is 29.6 Å². The third kappa shape index (κ3) is 4.80. The molecule has 0 aliphatic carbocycles. The summed E-state index contributed by atoms with van der Waals surface area (Å²) in [5.74, 6) is 0. The predicted molar refractivity (Wildman–Crippen MR) is 106 cm³/mol. The van der Waals surface area contributed by atoms with Gasteiger partial charge in [-0.2, -0.15) is 0 Å². The van der Waals surface area contributed by atoms with Gasteiger partial charge in [0.15, 0.2) is 10.2 Å². The van der Waals surface area contributed by atoms with E-state index in [4.69, 9.17) is 10.5 Å². The second kappa shape index (κ2) is 6.48. The molecule has 4 nitrogen and oxygen atoms in total. The van der Waals surface area contributed by atoms with Crippen LogP contribution in [0.1, 0.15) is 47.1 Å². The molecular weight excluding hydrogens is 342 g/mol. The van der Waals surface area contributed by atoms with Crippen LogP contribution in [0, 0.1) is 0 Å². The topological polar surface area (TPSA) is 69.4 Å². The molecule has 0 radical (unpaired) electrons. The molecule has 1 aromatic carbocycles. The molecule has 0 saturated heterocycles. The van der Waals surface area contributed by atoms with Crippen molar-refractivity contribution >= 4 is 35.3 Å². The van der Waals surface area contributed by atoms with Crippen LogP contribution in [-0.2, 0) is 4.74 Å². The molecule has 0 spiro atoms. The van der Waals surface area contributed by atoms with Gasteiger partial charge in [0.1, 0.15) is 0 Å². The molecule has 0 amide bonds. The number of rotatable bonds is 3. The van der Waals surface area contributed by atoms with Gasteiger partial charge in [-0.3, -0.25) is 9.59 Å². The van der Waals surface area contributed by atoms with E-state index in [0.717, 1.165) is 15.8 Å². The van der Waals surface area contributed by atoms with Gasteiger partial charge in [0, 0.05) is 9.49 Å². The molecule has 6 heteroatoms. The first kappa shape index (κ1) is 18.9. The third-order valence-corrected chi connectivity index (χ3v) is 4.91. The SMILES string of the molecule is CC(C)(C)SC1=CC(=Cc2c(N)c(=O)c2=O)C=C(SC(C)(C)C)O1. The Morgan fingerprint density at radius 2 is 1.38 bits per heavy atom. The van der Waals surface area contributed by atoms with E-state index in [9.17, 15) is 9.59 Å². The molecule has 1 aromatic rings. The number of hydrogen-bond acceptors (Lipinski definition) is 6. The van der Waals surface area contributed by atoms with Crippen molar-refractivity contribution in [2.45, 2.75) is 51.0 Å². The molecule has 1 aliphatic rings. The zero-order chi connectivity index (χ0) is 18.3. The summed E-state index contributed by atoms with van der Waals surface area (Å²) in [5.41, 5.74) is 5.63. The quantitative estimate of drug-likeness (QED) is 0.816. The maximum absolute atomic E-state index is 11.7. The Kier molecular flexibility index (Phi) is 5.11. The van der Waals surface area contributed by atoms with Crippen molar-refractivity contribution in [1.29, 1.82) is 0 Å². The lowest BCUT2D eigenvalue weighted by Gasteiger charge is -2.26. The number of thioether (sulfide) groups is 2. The molecular formula is C18H23NO3S2. The van der Waals surface area contributed by atoms with Crippen molar-refractivity contribution in [3.05, 3.63) is 53.9 Å². The minimum atomic E-state index is -0.601. The summed E-state index contributed by atoms with van der Waals surface area (Å²) in [6.45, 7) is 12.6. The van der Waals surface area contributed by atoms with Crippen LogP contribution in [0.5, 0.6) is 0 Å². The van der Waals surface area contributed by atoms with Crippen LogP contribution in [0.3, 0.4) is 0 Å². The van der Waals surface area contributed by atoms with E-state index in [1.165, 1.54) is 0 Å². The molecule has 0 bridgehead atoms. The van der Waals surface area contributed by atoms with E-state index in [-0.39, 0.29) is 20.7 Å². The fourth-order valence-corrected chi connectivity index (χ4v) is 3.91. The Morgan fingerprint density at radius 3 is 1.75 bits per heavy atom. The van der Waals surface area contributed by atoms with E-state index >= 15 is 0 Å². The van der Waals surface area contributed by atoms with Crippen molar-refractivity contribution < 1.29 is 4.74 Å². The van der Waals surface area contributed by atoms with Crippen LogP contribution in [-0.4, -0.2) is 9.49 Å². The van der Waals surface area contributed by atoms with Gasteiger partial charge in [0.2, 0.25) is 10.9 Å². The zero-order valence-corrected chi connectivity index (χ0v) is 16.5. The lowest BCUT2D eigenvalue weighted by Crippen LogP contribution is -2.36. The summed E-state index contributed by atoms with van der Waals surface area (Å²) >= 11 is 3.22. The van der Waals surface area contributed by atoms with Crippen molar-refractivity contribution in [3.8, 4) is 0 Å². The third-order valence-electron chi connectivity index (χ3n) is 2.88. The van der Waals surface area contributed by atoms with Crippen LogP contribution in [0.4, 0.5) is 5.69 Å². The Hall–Kier alpha value is -1.40. The van der Waals surface area contributed by atoms with E-state index in [2.05, 4.69) is 41.5 Å². The summed E-state index contributed by atoms with van der Waals surface area (Å²) in [4.78, 5) is 22.9. The molecule has 2 N–H and O–H groups in total. The Bertz CT molecular complexity index is 777. The van der Waals surface area contributed by atoms with Crippen molar-refractivity contribution in [2.75, 3.05) is 5.73 Å². The molecule has 0 saturated carbocycles. The fourth-order valence-electron chi connectivity index (χ4n) is 2.00. The molecule has 0 aromatic heterocycles. The number of nitrogen functional groups attached to an aromatic ring is 1. The maximum atomic E-state index is 11.7. The molecule has 1 aliphatic heterocycles. The number of allylic oxidation sites excluding steroid dienone is 3. The molecule has 0 unspecified atom stereocenters. The van der Waals surface area contributed by atoms with Gasteiger partial charge < -0.3 is 10.5 Å². The van der Waals surface area contributed by atoms with Crippen LogP contribution in [0.2, 0.25) is 0 Å². The predicted octanol–water partition coefficient (Wildman–Crippen LogP) is 4.02. The number of hydrogen-bond donors (Lipinski definition) is 1. The maximum Gasteiger partial charge on any atom is 0.249 e. The second-order valence-corrected chi connectivity index (χ2v) is 11.3. The number of anilines is 1. The highest BCUT2D eigenvalue weighted by Crippen LogP contribution is 2.42. The van der Waals surface area contributed by atoms with E-state index < -0.39 is 10.9 Å². The minimum Gasteiger partial charge on any atom is -0.444 e. The van der Waals surface area contributed by atoms with Crippen LogP contribution >= 0.6 is 23.5 Å². The first-order valence-corrected chi connectivity index (χ1v) is 9.29. The van der Waals surface area contributed by atoms with Gasteiger partial charge in [0.05, 0.1) is 11.3 Å². The summed E-state index contributed by atoms with van der Waals surface area (Å²) in [6, 6.07) is 0. The minimum absolute atomic E-state index is 0.00760. The Labute approximate surface area is 150 Å². The monoisotopic (exact) mass is 365 g/mol. The summed E-state index contributed by atoms with van der Waals surface area (Å²) in [7, 11) is 0. The van der Waals surface area contributed by atoms with Crippen molar-refractivity contribution in [2.24, 2.45) is 0 Å². The van der Waals surface area contributed by atoms with Gasteiger partial charge in [-0.1, -0.05) is 65.1 Å². The molecule has 0 atom stereocenters. The molecule has 0 fully saturated rings. The highest BCUT2D eigenvalue weighted by molar-refractivity contribution is 8.05. The molecule has 24 heavy (non-hydrogen) atoms. The van der Waals surface area contributed by atoms with Crippen molar-refractivity contribution in [1.82, 2.24) is 0 Å². The van der Waals surface area contributed by atoms with Gasteiger partial charge in [-0.25, -0.2) is 0 Å². The fraction of sp³-hybridized carbons (Fsp3) is 0.444. The van der Waals surface area contributed by atoms with Crippen LogP contribution in [0.25, 0.3) is 6.08 Å². The van der Waals surface area contributed by atoms with Gasteiger partial charge in [-0.05, 0) is 23.8 Å². The normalized spacial score (nSPS) is 15.8. The largest absolute Gasteiger partial charge is 0.444 e. The standard InChI is InChI=1S/C18H23NO3S2/c1-17(2,3)23-12-8-10(7-11-14(19)16(21)15(11)20)9-13(22-12)24-18(4,5)6/h7-9H,19H2,1-6H3. The van der Waals surface area contributed by atoms with Gasteiger partial charge in [-0.15, -0.1) is 0 Å². The van der Waals surface area contributed by atoms with E-state index in [1.807, 2.05) is 12.2 Å². The highest BCUT2D eigenvalue weighted by Gasteiger charge is 2.24. The smallest absolute Gasteiger partial charge is 0.249 e. The molecule has 130 valence electrons. The van der Waals surface area contributed by atoms with Crippen molar-refractivity contribution in [3.63, 3.8) is 0 Å². The average Bonchev–Trinajstić information content (AvgIpc) is 2.39. The Balaban J connectivity index is 2.39. The van der Waals surface area contributed by atoms with E-state index in [0.29, 0.717) is 0 Å². The number of nitrogens with two attached hydrogens (primary N) is 1. The molecule has 1 heterocycles. The van der Waals surface area contributed by atoms with Gasteiger partial charge >= 0.3 is 0 Å². The summed E-state index contributed by atoms with van der Waals surface area (Å²) < 4.78 is 5.97. The summed E-state index contributed by atoms with van der Waals surface area (Å²) in [6.07, 6.45) is 5.41.